The second kappa shape index (κ2) is 6.98. The molecule has 24 heavy (non-hydrogen) atoms. The number of nitrogens with zero attached hydrogens (tertiary/aromatic N) is 1. The van der Waals surface area contributed by atoms with Gasteiger partial charge in [-0.15, -0.1) is 0 Å². The zero-order chi connectivity index (χ0) is 16.4. The topological polar surface area (TPSA) is 38.8 Å². The van der Waals surface area contributed by atoms with Gasteiger partial charge in [-0.2, -0.15) is 0 Å². The second-order valence-electron chi connectivity index (χ2n) is 7.01. The molecule has 2 fully saturated rings. The van der Waals surface area contributed by atoms with Gasteiger partial charge < -0.3 is 14.4 Å². The molecule has 1 saturated carbocycles. The van der Waals surface area contributed by atoms with Gasteiger partial charge >= 0.3 is 0 Å². The zero-order valence-electron chi connectivity index (χ0n) is 14.1. The fourth-order valence-corrected chi connectivity index (χ4v) is 4.07. The molecule has 1 saturated heterocycles. The molecule has 1 aromatic rings. The first-order valence-corrected chi connectivity index (χ1v) is 9.13. The van der Waals surface area contributed by atoms with E-state index in [9.17, 15) is 4.79 Å². The average molecular weight is 327 g/mol. The maximum Gasteiger partial charge on any atom is 0.248 e. The minimum absolute atomic E-state index is 0.0326. The molecular weight excluding hydrogens is 302 g/mol. The van der Waals surface area contributed by atoms with Gasteiger partial charge in [-0.05, 0) is 30.9 Å². The van der Waals surface area contributed by atoms with E-state index in [1.165, 1.54) is 30.4 Å². The number of carbonyl (C=O) groups is 1. The van der Waals surface area contributed by atoms with E-state index in [1.807, 2.05) is 17.0 Å². The quantitative estimate of drug-likeness (QED) is 0.852. The molecule has 4 nitrogen and oxygen atoms in total. The largest absolute Gasteiger partial charge is 0.490 e. The molecule has 1 aromatic carbocycles. The third-order valence-electron chi connectivity index (χ3n) is 5.39. The molecule has 1 atom stereocenters. The van der Waals surface area contributed by atoms with Crippen molar-refractivity contribution >= 4 is 12.0 Å². The van der Waals surface area contributed by atoms with Gasteiger partial charge in [0.25, 0.3) is 0 Å². The number of fused-ring (bicyclic) bond motifs is 1. The van der Waals surface area contributed by atoms with Crippen molar-refractivity contribution in [1.29, 1.82) is 0 Å². The highest BCUT2D eigenvalue weighted by atomic mass is 16.5. The van der Waals surface area contributed by atoms with Crippen LogP contribution in [0.15, 0.2) is 24.3 Å². The van der Waals surface area contributed by atoms with Crippen molar-refractivity contribution in [2.24, 2.45) is 0 Å². The van der Waals surface area contributed by atoms with Gasteiger partial charge in [0.2, 0.25) is 5.91 Å². The minimum Gasteiger partial charge on any atom is -0.490 e. The Morgan fingerprint density at radius 2 is 2.08 bits per heavy atom. The first-order chi connectivity index (χ1) is 11.8. The molecule has 0 spiro atoms. The lowest BCUT2D eigenvalue weighted by atomic mass is 9.93. The average Bonchev–Trinajstić information content (AvgIpc) is 3.11. The first kappa shape index (κ1) is 15.7. The minimum atomic E-state index is -0.0326. The Morgan fingerprint density at radius 3 is 2.96 bits per heavy atom. The molecule has 2 aliphatic carbocycles. The molecular formula is C20H25NO3. The van der Waals surface area contributed by atoms with Crippen molar-refractivity contribution in [3.8, 4) is 5.75 Å². The van der Waals surface area contributed by atoms with Gasteiger partial charge in [0.1, 0.15) is 25.1 Å². The van der Waals surface area contributed by atoms with E-state index in [1.54, 1.807) is 0 Å². The molecule has 1 heterocycles. The van der Waals surface area contributed by atoms with Gasteiger partial charge in [0, 0.05) is 11.6 Å². The van der Waals surface area contributed by atoms with Crippen LogP contribution in [0.4, 0.5) is 0 Å². The Morgan fingerprint density at radius 1 is 1.21 bits per heavy atom. The van der Waals surface area contributed by atoms with Gasteiger partial charge in [-0.3, -0.25) is 4.79 Å². The summed E-state index contributed by atoms with van der Waals surface area (Å²) in [5, 5.41) is 0. The third kappa shape index (κ3) is 3.20. The SMILES string of the molecule is O=C1CO[C@H](COc2cccc3c2CC=C3)CN1C1CCCCC1. The van der Waals surface area contributed by atoms with E-state index in [0.29, 0.717) is 19.2 Å². The summed E-state index contributed by atoms with van der Waals surface area (Å²) in [5.41, 5.74) is 2.50. The van der Waals surface area contributed by atoms with Crippen LogP contribution in [0.3, 0.4) is 0 Å². The maximum absolute atomic E-state index is 12.2. The summed E-state index contributed by atoms with van der Waals surface area (Å²) in [7, 11) is 0. The summed E-state index contributed by atoms with van der Waals surface area (Å²) in [5.74, 6) is 1.09. The van der Waals surface area contributed by atoms with Crippen LogP contribution >= 0.6 is 0 Å². The first-order valence-electron chi connectivity index (χ1n) is 9.13. The summed E-state index contributed by atoms with van der Waals surface area (Å²) in [6, 6.07) is 6.58. The molecule has 0 N–H and O–H groups in total. The van der Waals surface area contributed by atoms with Crippen LogP contribution in [-0.2, 0) is 16.0 Å². The summed E-state index contributed by atoms with van der Waals surface area (Å²) < 4.78 is 11.8. The van der Waals surface area contributed by atoms with Gasteiger partial charge in [0.05, 0.1) is 6.54 Å². The van der Waals surface area contributed by atoms with E-state index in [0.717, 1.165) is 25.0 Å². The van der Waals surface area contributed by atoms with Crippen molar-refractivity contribution in [1.82, 2.24) is 4.90 Å². The molecule has 0 aromatic heterocycles. The van der Waals surface area contributed by atoms with E-state index < -0.39 is 0 Å². The Hall–Kier alpha value is -1.81. The van der Waals surface area contributed by atoms with Crippen LogP contribution in [-0.4, -0.2) is 42.7 Å². The van der Waals surface area contributed by atoms with Crippen molar-refractivity contribution < 1.29 is 14.3 Å². The van der Waals surface area contributed by atoms with Crippen LogP contribution in [0.5, 0.6) is 5.75 Å². The predicted molar refractivity (Wildman–Crippen MR) is 93.0 cm³/mol. The van der Waals surface area contributed by atoms with E-state index >= 15 is 0 Å². The van der Waals surface area contributed by atoms with Crippen LogP contribution in [0.2, 0.25) is 0 Å². The van der Waals surface area contributed by atoms with Gasteiger partial charge in [-0.1, -0.05) is 43.5 Å². The zero-order valence-corrected chi connectivity index (χ0v) is 14.1. The summed E-state index contributed by atoms with van der Waals surface area (Å²) >= 11 is 0. The number of carbonyl (C=O) groups excluding carboxylic acids is 1. The highest BCUT2D eigenvalue weighted by Crippen LogP contribution is 2.29. The molecule has 1 amide bonds. The van der Waals surface area contributed by atoms with Crippen LogP contribution in [0.25, 0.3) is 6.08 Å². The smallest absolute Gasteiger partial charge is 0.248 e. The summed E-state index contributed by atoms with van der Waals surface area (Å²) in [6.45, 7) is 1.36. The molecule has 1 aliphatic heterocycles. The molecule has 4 heteroatoms. The standard InChI is InChI=1S/C20H25NO3/c22-20-14-23-17(12-21(20)16-8-2-1-3-9-16)13-24-19-11-5-7-15-6-4-10-18(15)19/h4-7,11,16-17H,1-3,8-10,12-14H2/t17-/m0/s1. The number of amides is 1. The molecule has 4 rings (SSSR count). The lowest BCUT2D eigenvalue weighted by Gasteiger charge is -2.39. The Kier molecular flexibility index (Phi) is 4.56. The molecule has 0 unspecified atom stereocenters. The highest BCUT2D eigenvalue weighted by Gasteiger charge is 2.32. The van der Waals surface area contributed by atoms with Gasteiger partial charge in [0.15, 0.2) is 0 Å². The van der Waals surface area contributed by atoms with E-state index in [-0.39, 0.29) is 18.6 Å². The van der Waals surface area contributed by atoms with Crippen LogP contribution in [0.1, 0.15) is 43.2 Å². The highest BCUT2D eigenvalue weighted by molar-refractivity contribution is 5.78. The number of hydrogen-bond donors (Lipinski definition) is 0. The van der Waals surface area contributed by atoms with Crippen LogP contribution < -0.4 is 4.74 Å². The number of rotatable bonds is 4. The lowest BCUT2D eigenvalue weighted by molar-refractivity contribution is -0.155. The van der Waals surface area contributed by atoms with Gasteiger partial charge in [-0.25, -0.2) is 0 Å². The predicted octanol–water partition coefficient (Wildman–Crippen LogP) is 3.19. The number of hydrogen-bond acceptors (Lipinski definition) is 3. The van der Waals surface area contributed by atoms with Crippen molar-refractivity contribution in [2.45, 2.75) is 50.7 Å². The fourth-order valence-electron chi connectivity index (χ4n) is 4.07. The Bertz CT molecular complexity index is 634. The second-order valence-corrected chi connectivity index (χ2v) is 7.01. The number of morpholine rings is 1. The van der Waals surface area contributed by atoms with Crippen molar-refractivity contribution in [3.63, 3.8) is 0 Å². The molecule has 0 radical (unpaired) electrons. The lowest BCUT2D eigenvalue weighted by Crippen LogP contribution is -2.53. The number of allylic oxidation sites excluding steroid dienone is 1. The summed E-state index contributed by atoms with van der Waals surface area (Å²) in [4.78, 5) is 14.3. The third-order valence-corrected chi connectivity index (χ3v) is 5.39. The van der Waals surface area contributed by atoms with E-state index in [2.05, 4.69) is 18.2 Å². The number of benzene rings is 1. The van der Waals surface area contributed by atoms with E-state index in [4.69, 9.17) is 9.47 Å². The monoisotopic (exact) mass is 327 g/mol. The summed E-state index contributed by atoms with van der Waals surface area (Å²) in [6.07, 6.45) is 11.3. The maximum atomic E-state index is 12.2. The van der Waals surface area contributed by atoms with Crippen molar-refractivity contribution in [3.05, 3.63) is 35.4 Å². The fraction of sp³-hybridized carbons (Fsp3) is 0.550. The van der Waals surface area contributed by atoms with Crippen LogP contribution in [0, 0.1) is 0 Å². The normalized spacial score (nSPS) is 24.2. The Labute approximate surface area is 143 Å². The molecule has 0 bridgehead atoms. The van der Waals surface area contributed by atoms with Crippen molar-refractivity contribution in [2.75, 3.05) is 19.8 Å². The Balaban J connectivity index is 1.37. The molecule has 3 aliphatic rings. The molecule has 128 valence electrons. The number of ether oxygens (including phenoxy) is 2.